The predicted molar refractivity (Wildman–Crippen MR) is 91.6 cm³/mol. The Kier molecular flexibility index (Phi) is 5.86. The Morgan fingerprint density at radius 1 is 1.29 bits per heavy atom. The zero-order valence-electron chi connectivity index (χ0n) is 14.7. The van der Waals surface area contributed by atoms with Crippen LogP contribution < -0.4 is 0 Å². The standard InChI is InChI=1S/C19H27NO4/c1-4-10-20(18(23)24-13-15-8-6-5-7-9-15)19(17(21)22)11-16(12-19)14(2)3/h5-9,14,16H,4,10-13H2,1-3H3,(H,21,22). The number of aliphatic carboxylic acids is 1. The van der Waals surface area contributed by atoms with Gasteiger partial charge in [0.2, 0.25) is 0 Å². The molecule has 2 rings (SSSR count). The van der Waals surface area contributed by atoms with Crippen molar-refractivity contribution in [1.82, 2.24) is 4.90 Å². The molecule has 1 fully saturated rings. The molecule has 0 spiro atoms. The number of carboxylic acid groups (broad SMARTS) is 1. The average Bonchev–Trinajstić information content (AvgIpc) is 2.51. The van der Waals surface area contributed by atoms with E-state index in [-0.39, 0.29) is 6.61 Å². The second-order valence-corrected chi connectivity index (χ2v) is 6.94. The maximum Gasteiger partial charge on any atom is 0.411 e. The molecule has 1 N–H and O–H groups in total. The number of hydrogen-bond acceptors (Lipinski definition) is 3. The lowest BCUT2D eigenvalue weighted by molar-refractivity contribution is -0.162. The number of carbonyl (C=O) groups excluding carboxylic acids is 1. The first kappa shape index (κ1) is 18.3. The fraction of sp³-hybridized carbons (Fsp3) is 0.579. The third-order valence-corrected chi connectivity index (χ3v) is 4.93. The predicted octanol–water partition coefficient (Wildman–Crippen LogP) is 3.92. The van der Waals surface area contributed by atoms with E-state index in [0.29, 0.717) is 37.6 Å². The van der Waals surface area contributed by atoms with Crippen LogP contribution in [0.2, 0.25) is 0 Å². The Hall–Kier alpha value is -2.04. The van der Waals surface area contributed by atoms with E-state index >= 15 is 0 Å². The molecule has 5 nitrogen and oxygen atoms in total. The fourth-order valence-corrected chi connectivity index (χ4v) is 3.29. The van der Waals surface area contributed by atoms with Gasteiger partial charge in [-0.05, 0) is 36.7 Å². The summed E-state index contributed by atoms with van der Waals surface area (Å²) in [6.07, 6.45) is 1.16. The third-order valence-electron chi connectivity index (χ3n) is 4.93. The molecule has 1 saturated carbocycles. The highest BCUT2D eigenvalue weighted by Crippen LogP contribution is 2.46. The molecule has 1 amide bonds. The van der Waals surface area contributed by atoms with Gasteiger partial charge in [0, 0.05) is 6.54 Å². The molecular weight excluding hydrogens is 306 g/mol. The SMILES string of the molecule is CCCN(C(=O)OCc1ccccc1)C1(C(=O)O)CC(C(C)C)C1. The van der Waals surface area contributed by atoms with E-state index in [1.165, 1.54) is 4.90 Å². The number of rotatable bonds is 7. The van der Waals surface area contributed by atoms with Crippen LogP contribution in [-0.2, 0) is 16.1 Å². The summed E-state index contributed by atoms with van der Waals surface area (Å²) in [5.41, 5.74) is -0.223. The molecule has 1 aliphatic carbocycles. The van der Waals surface area contributed by atoms with Crippen molar-refractivity contribution < 1.29 is 19.4 Å². The van der Waals surface area contributed by atoms with Gasteiger partial charge in [0.25, 0.3) is 0 Å². The first-order valence-electron chi connectivity index (χ1n) is 8.62. The minimum atomic E-state index is -1.11. The molecule has 1 aromatic carbocycles. The van der Waals surface area contributed by atoms with Crippen molar-refractivity contribution in [3.8, 4) is 0 Å². The summed E-state index contributed by atoms with van der Waals surface area (Å²) in [6, 6.07) is 9.41. The minimum absolute atomic E-state index is 0.156. The molecule has 0 bridgehead atoms. The van der Waals surface area contributed by atoms with Crippen molar-refractivity contribution in [3.63, 3.8) is 0 Å². The van der Waals surface area contributed by atoms with E-state index in [4.69, 9.17) is 4.74 Å². The number of hydrogen-bond donors (Lipinski definition) is 1. The van der Waals surface area contributed by atoms with Crippen LogP contribution in [0.1, 0.15) is 45.6 Å². The maximum atomic E-state index is 12.6. The molecule has 0 saturated heterocycles. The number of ether oxygens (including phenoxy) is 1. The van der Waals surface area contributed by atoms with Gasteiger partial charge in [-0.15, -0.1) is 0 Å². The number of carbonyl (C=O) groups is 2. The molecule has 5 heteroatoms. The van der Waals surface area contributed by atoms with E-state index in [1.807, 2.05) is 37.3 Å². The van der Waals surface area contributed by atoms with Crippen molar-refractivity contribution in [2.24, 2.45) is 11.8 Å². The highest BCUT2D eigenvalue weighted by molar-refractivity contribution is 5.85. The summed E-state index contributed by atoms with van der Waals surface area (Å²) >= 11 is 0. The van der Waals surface area contributed by atoms with Gasteiger partial charge in [-0.3, -0.25) is 4.90 Å². The topological polar surface area (TPSA) is 66.8 Å². The number of carboxylic acids is 1. The highest BCUT2D eigenvalue weighted by atomic mass is 16.6. The number of benzene rings is 1. The first-order valence-corrected chi connectivity index (χ1v) is 8.62. The quantitative estimate of drug-likeness (QED) is 0.821. The summed E-state index contributed by atoms with van der Waals surface area (Å²) in [7, 11) is 0. The Balaban J connectivity index is 2.09. The minimum Gasteiger partial charge on any atom is -0.479 e. The normalized spacial score (nSPS) is 22.8. The lowest BCUT2D eigenvalue weighted by atomic mass is 9.63. The smallest absolute Gasteiger partial charge is 0.411 e. The summed E-state index contributed by atoms with van der Waals surface area (Å²) in [6.45, 7) is 6.67. The third kappa shape index (κ3) is 3.71. The summed E-state index contributed by atoms with van der Waals surface area (Å²) in [5.74, 6) is -0.173. The van der Waals surface area contributed by atoms with Crippen LogP contribution in [0.15, 0.2) is 30.3 Å². The molecule has 0 heterocycles. The monoisotopic (exact) mass is 333 g/mol. The van der Waals surface area contributed by atoms with Crippen LogP contribution in [0.5, 0.6) is 0 Å². The van der Waals surface area contributed by atoms with Crippen LogP contribution in [-0.4, -0.2) is 34.2 Å². The second-order valence-electron chi connectivity index (χ2n) is 6.94. The van der Waals surface area contributed by atoms with Crippen molar-refractivity contribution in [3.05, 3.63) is 35.9 Å². The zero-order valence-corrected chi connectivity index (χ0v) is 14.7. The van der Waals surface area contributed by atoms with E-state index in [0.717, 1.165) is 5.56 Å². The summed E-state index contributed by atoms with van der Waals surface area (Å²) < 4.78 is 5.39. The van der Waals surface area contributed by atoms with E-state index < -0.39 is 17.6 Å². The van der Waals surface area contributed by atoms with Crippen LogP contribution in [0, 0.1) is 11.8 Å². The van der Waals surface area contributed by atoms with Gasteiger partial charge in [0.15, 0.2) is 0 Å². The van der Waals surface area contributed by atoms with Gasteiger partial charge in [0.05, 0.1) is 0 Å². The fourth-order valence-electron chi connectivity index (χ4n) is 3.29. The van der Waals surface area contributed by atoms with E-state index in [2.05, 4.69) is 13.8 Å². The molecule has 0 atom stereocenters. The Morgan fingerprint density at radius 2 is 1.92 bits per heavy atom. The van der Waals surface area contributed by atoms with Gasteiger partial charge >= 0.3 is 12.1 Å². The lowest BCUT2D eigenvalue weighted by Gasteiger charge is -2.51. The molecule has 0 radical (unpaired) electrons. The molecule has 0 aromatic heterocycles. The summed E-state index contributed by atoms with van der Waals surface area (Å²) in [5, 5.41) is 9.77. The van der Waals surface area contributed by atoms with Crippen LogP contribution >= 0.6 is 0 Å². The van der Waals surface area contributed by atoms with E-state index in [1.54, 1.807) is 0 Å². The Labute approximate surface area is 143 Å². The average molecular weight is 333 g/mol. The van der Waals surface area contributed by atoms with Gasteiger partial charge in [-0.2, -0.15) is 0 Å². The van der Waals surface area contributed by atoms with Gasteiger partial charge in [-0.25, -0.2) is 9.59 Å². The zero-order chi connectivity index (χ0) is 17.7. The van der Waals surface area contributed by atoms with Crippen molar-refractivity contribution in [2.75, 3.05) is 6.54 Å². The van der Waals surface area contributed by atoms with Crippen LogP contribution in [0.3, 0.4) is 0 Å². The van der Waals surface area contributed by atoms with E-state index in [9.17, 15) is 14.7 Å². The van der Waals surface area contributed by atoms with Gasteiger partial charge in [0.1, 0.15) is 12.1 Å². The van der Waals surface area contributed by atoms with Gasteiger partial charge in [-0.1, -0.05) is 51.1 Å². The molecule has 1 aromatic rings. The molecule has 0 aliphatic heterocycles. The van der Waals surface area contributed by atoms with Crippen LogP contribution in [0.4, 0.5) is 4.79 Å². The molecule has 0 unspecified atom stereocenters. The Bertz CT molecular complexity index is 564. The summed E-state index contributed by atoms with van der Waals surface area (Å²) in [4.78, 5) is 25.9. The maximum absolute atomic E-state index is 12.6. The first-order chi connectivity index (χ1) is 11.4. The molecular formula is C19H27NO4. The highest BCUT2D eigenvalue weighted by Gasteiger charge is 2.57. The van der Waals surface area contributed by atoms with Crippen molar-refractivity contribution >= 4 is 12.1 Å². The lowest BCUT2D eigenvalue weighted by Crippen LogP contribution is -2.65. The molecule has 24 heavy (non-hydrogen) atoms. The second kappa shape index (κ2) is 7.69. The van der Waals surface area contributed by atoms with Crippen LogP contribution in [0.25, 0.3) is 0 Å². The van der Waals surface area contributed by atoms with Crippen molar-refractivity contribution in [1.29, 1.82) is 0 Å². The van der Waals surface area contributed by atoms with Crippen molar-refractivity contribution in [2.45, 2.75) is 52.2 Å². The molecule has 1 aliphatic rings. The molecule has 132 valence electrons. The number of amides is 1. The van der Waals surface area contributed by atoms with Gasteiger partial charge < -0.3 is 9.84 Å². The number of nitrogens with zero attached hydrogens (tertiary/aromatic N) is 1. The Morgan fingerprint density at radius 3 is 2.42 bits per heavy atom. The largest absolute Gasteiger partial charge is 0.479 e.